The van der Waals surface area contributed by atoms with Gasteiger partial charge in [-0.25, -0.2) is 0 Å². The fourth-order valence-electron chi connectivity index (χ4n) is 4.69. The summed E-state index contributed by atoms with van der Waals surface area (Å²) < 4.78 is 0. The molecule has 0 heterocycles. The van der Waals surface area contributed by atoms with Crippen LogP contribution in [0.4, 0.5) is 0 Å². The van der Waals surface area contributed by atoms with E-state index in [1.54, 1.807) is 0 Å². The van der Waals surface area contributed by atoms with E-state index in [-0.39, 0.29) is 5.41 Å². The highest BCUT2D eigenvalue weighted by atomic mass is 14.4. The Kier molecular flexibility index (Phi) is 2.99. The van der Waals surface area contributed by atoms with Crippen LogP contribution in [-0.4, -0.2) is 0 Å². The van der Waals surface area contributed by atoms with Crippen molar-refractivity contribution in [3.05, 3.63) is 94.0 Å². The molecule has 1 aliphatic carbocycles. The van der Waals surface area contributed by atoms with Crippen molar-refractivity contribution in [3.63, 3.8) is 0 Å². The maximum Gasteiger partial charge on any atom is 0.0440 e. The van der Waals surface area contributed by atoms with Crippen LogP contribution in [0.25, 0.3) is 11.1 Å². The molecule has 4 rings (SSSR count). The van der Waals surface area contributed by atoms with E-state index in [0.29, 0.717) is 0 Å². The Morgan fingerprint density at radius 3 is 1.57 bits per heavy atom. The van der Waals surface area contributed by atoms with E-state index < -0.39 is 0 Å². The minimum Gasteiger partial charge on any atom is -0.0619 e. The lowest BCUT2D eigenvalue weighted by Gasteiger charge is -2.32. The highest BCUT2D eigenvalue weighted by Crippen LogP contribution is 2.53. The van der Waals surface area contributed by atoms with Gasteiger partial charge in [0.2, 0.25) is 0 Å². The van der Waals surface area contributed by atoms with Crippen molar-refractivity contribution in [2.45, 2.75) is 33.1 Å². The van der Waals surface area contributed by atoms with Crippen LogP contribution in [0.5, 0.6) is 0 Å². The van der Waals surface area contributed by atoms with E-state index in [1.807, 2.05) is 0 Å². The molecule has 114 valence electrons. The maximum absolute atomic E-state index is 2.39. The fraction of sp³-hybridized carbons (Fsp3) is 0.217. The molecule has 3 aromatic rings. The zero-order chi connectivity index (χ0) is 16.2. The average Bonchev–Trinajstić information content (AvgIpc) is 2.78. The van der Waals surface area contributed by atoms with E-state index in [0.717, 1.165) is 0 Å². The molecule has 0 spiro atoms. The molecule has 1 aliphatic rings. The lowest BCUT2D eigenvalue weighted by atomic mass is 9.71. The van der Waals surface area contributed by atoms with Crippen LogP contribution in [-0.2, 0) is 5.41 Å². The van der Waals surface area contributed by atoms with Crippen LogP contribution in [0.1, 0.15) is 40.3 Å². The van der Waals surface area contributed by atoms with Crippen LogP contribution in [0.15, 0.2) is 60.7 Å². The number of aryl methyl sites for hydroxylation is 3. The van der Waals surface area contributed by atoms with Crippen LogP contribution >= 0.6 is 0 Å². The average molecular weight is 298 g/mol. The van der Waals surface area contributed by atoms with Crippen molar-refractivity contribution in [2.75, 3.05) is 0 Å². The topological polar surface area (TPSA) is 0 Å². The molecule has 0 unspecified atom stereocenters. The molecule has 0 N–H and O–H groups in total. The van der Waals surface area contributed by atoms with Gasteiger partial charge in [-0.3, -0.25) is 0 Å². The quantitative estimate of drug-likeness (QED) is 0.521. The monoisotopic (exact) mass is 298 g/mol. The van der Waals surface area contributed by atoms with Crippen molar-refractivity contribution in [2.24, 2.45) is 0 Å². The Morgan fingerprint density at radius 1 is 0.652 bits per heavy atom. The van der Waals surface area contributed by atoms with Gasteiger partial charge in [0.25, 0.3) is 0 Å². The molecule has 0 amide bonds. The largest absolute Gasteiger partial charge is 0.0619 e. The van der Waals surface area contributed by atoms with Crippen LogP contribution in [0.3, 0.4) is 0 Å². The smallest absolute Gasteiger partial charge is 0.0440 e. The third kappa shape index (κ3) is 1.84. The van der Waals surface area contributed by atoms with E-state index >= 15 is 0 Å². The van der Waals surface area contributed by atoms with Gasteiger partial charge in [-0.05, 0) is 66.6 Å². The van der Waals surface area contributed by atoms with Crippen molar-refractivity contribution in [3.8, 4) is 11.1 Å². The standard InChI is InChI=1S/C23H22/c1-15-13-16(2)22(17(3)14-15)23(4)20-11-7-5-9-18(20)19-10-6-8-12-21(19)23/h5-14H,1-4H3. The summed E-state index contributed by atoms with van der Waals surface area (Å²) in [5.74, 6) is 0. The molecule has 0 atom stereocenters. The molecule has 23 heavy (non-hydrogen) atoms. The van der Waals surface area contributed by atoms with Gasteiger partial charge in [-0.15, -0.1) is 0 Å². The maximum atomic E-state index is 2.39. The van der Waals surface area contributed by atoms with Gasteiger partial charge in [0.15, 0.2) is 0 Å². The molecule has 3 aromatic carbocycles. The lowest BCUT2D eigenvalue weighted by Crippen LogP contribution is -2.25. The summed E-state index contributed by atoms with van der Waals surface area (Å²) in [6.45, 7) is 9.08. The summed E-state index contributed by atoms with van der Waals surface area (Å²) in [7, 11) is 0. The van der Waals surface area contributed by atoms with Gasteiger partial charge in [0, 0.05) is 5.41 Å². The second-order valence-electron chi connectivity index (χ2n) is 6.99. The zero-order valence-electron chi connectivity index (χ0n) is 14.3. The Labute approximate surface area is 138 Å². The van der Waals surface area contributed by atoms with Gasteiger partial charge < -0.3 is 0 Å². The van der Waals surface area contributed by atoms with Crippen molar-refractivity contribution in [1.29, 1.82) is 0 Å². The summed E-state index contributed by atoms with van der Waals surface area (Å²) >= 11 is 0. The van der Waals surface area contributed by atoms with Crippen LogP contribution < -0.4 is 0 Å². The first-order chi connectivity index (χ1) is 11.0. The molecular formula is C23H22. The molecule has 0 radical (unpaired) electrons. The molecule has 0 bridgehead atoms. The predicted molar refractivity (Wildman–Crippen MR) is 98.1 cm³/mol. The first kappa shape index (κ1) is 14.3. The van der Waals surface area contributed by atoms with E-state index in [2.05, 4.69) is 88.4 Å². The first-order valence-electron chi connectivity index (χ1n) is 8.31. The molecule has 0 nitrogen and oxygen atoms in total. The summed E-state index contributed by atoms with van der Waals surface area (Å²) in [5, 5.41) is 0. The third-order valence-electron chi connectivity index (χ3n) is 5.40. The number of hydrogen-bond acceptors (Lipinski definition) is 0. The van der Waals surface area contributed by atoms with Gasteiger partial charge >= 0.3 is 0 Å². The second kappa shape index (κ2) is 4.83. The lowest BCUT2D eigenvalue weighted by molar-refractivity contribution is 0.701. The van der Waals surface area contributed by atoms with Crippen molar-refractivity contribution < 1.29 is 0 Å². The third-order valence-corrected chi connectivity index (χ3v) is 5.40. The summed E-state index contributed by atoms with van der Waals surface area (Å²) in [5.41, 5.74) is 11.1. The van der Waals surface area contributed by atoms with Gasteiger partial charge in [0.1, 0.15) is 0 Å². The normalized spacial score (nSPS) is 14.4. The Morgan fingerprint density at radius 2 is 1.09 bits per heavy atom. The SMILES string of the molecule is Cc1cc(C)c(C2(C)c3ccccc3-c3ccccc32)c(C)c1. The summed E-state index contributed by atoms with van der Waals surface area (Å²) in [6.07, 6.45) is 0. The number of benzene rings is 3. The van der Waals surface area contributed by atoms with E-state index in [4.69, 9.17) is 0 Å². The predicted octanol–water partition coefficient (Wildman–Crippen LogP) is 5.95. The molecule has 0 heteroatoms. The molecule has 0 saturated carbocycles. The first-order valence-corrected chi connectivity index (χ1v) is 8.31. The zero-order valence-corrected chi connectivity index (χ0v) is 14.3. The summed E-state index contributed by atoms with van der Waals surface area (Å²) in [4.78, 5) is 0. The van der Waals surface area contributed by atoms with Gasteiger partial charge in [-0.2, -0.15) is 0 Å². The Balaban J connectivity index is 2.13. The second-order valence-corrected chi connectivity index (χ2v) is 6.99. The van der Waals surface area contributed by atoms with Crippen LogP contribution in [0, 0.1) is 20.8 Å². The number of hydrogen-bond donors (Lipinski definition) is 0. The van der Waals surface area contributed by atoms with E-state index in [9.17, 15) is 0 Å². The van der Waals surface area contributed by atoms with E-state index in [1.165, 1.54) is 44.5 Å². The van der Waals surface area contributed by atoms with Crippen molar-refractivity contribution in [1.82, 2.24) is 0 Å². The van der Waals surface area contributed by atoms with Gasteiger partial charge in [0.05, 0.1) is 0 Å². The van der Waals surface area contributed by atoms with Crippen molar-refractivity contribution >= 4 is 0 Å². The number of fused-ring (bicyclic) bond motifs is 3. The number of rotatable bonds is 1. The molecule has 0 saturated heterocycles. The molecule has 0 aromatic heterocycles. The molecule has 0 fully saturated rings. The minimum absolute atomic E-state index is 0.0744. The Hall–Kier alpha value is -2.34. The Bertz CT molecular complexity index is 846. The van der Waals surface area contributed by atoms with Crippen LogP contribution in [0.2, 0.25) is 0 Å². The fourth-order valence-corrected chi connectivity index (χ4v) is 4.69. The van der Waals surface area contributed by atoms with Gasteiger partial charge in [-0.1, -0.05) is 66.2 Å². The minimum atomic E-state index is -0.0744. The highest BCUT2D eigenvalue weighted by Gasteiger charge is 2.41. The molecular weight excluding hydrogens is 276 g/mol. The highest BCUT2D eigenvalue weighted by molar-refractivity contribution is 5.83. The summed E-state index contributed by atoms with van der Waals surface area (Å²) in [6, 6.07) is 22.4. The molecule has 0 aliphatic heterocycles.